The zero-order valence-corrected chi connectivity index (χ0v) is 18.6. The van der Waals surface area contributed by atoms with Crippen LogP contribution in [0.4, 0.5) is 13.2 Å². The Morgan fingerprint density at radius 2 is 1.88 bits per heavy atom. The highest BCUT2D eigenvalue weighted by atomic mass is 19.4. The number of halogens is 3. The second-order valence-electron chi connectivity index (χ2n) is 8.23. The molecule has 0 saturated carbocycles. The summed E-state index contributed by atoms with van der Waals surface area (Å²) in [6.07, 6.45) is -2.90. The van der Waals surface area contributed by atoms with E-state index in [1.807, 2.05) is 0 Å². The molecule has 1 aliphatic heterocycles. The highest BCUT2D eigenvalue weighted by Gasteiger charge is 2.30. The number of nitrogens with zero attached hydrogens (tertiary/aromatic N) is 1. The molecule has 0 spiro atoms. The van der Waals surface area contributed by atoms with Crippen LogP contribution in [-0.4, -0.2) is 49.0 Å². The number of nitrogens with one attached hydrogen (secondary N) is 1. The first-order valence-electron chi connectivity index (χ1n) is 11.0. The van der Waals surface area contributed by atoms with E-state index in [4.69, 9.17) is 9.47 Å². The van der Waals surface area contributed by atoms with Gasteiger partial charge in [-0.25, -0.2) is 4.98 Å². The zero-order valence-electron chi connectivity index (χ0n) is 18.6. The number of methoxy groups -OCH3 is 1. The number of hydrogen-bond acceptors (Lipinski definition) is 5. The average Bonchev–Trinajstić information content (AvgIpc) is 2.86. The molecule has 180 valence electrons. The number of hydrogen-bond donors (Lipinski definition) is 2. The van der Waals surface area contributed by atoms with Gasteiger partial charge in [-0.2, -0.15) is 13.2 Å². The summed E-state index contributed by atoms with van der Waals surface area (Å²) in [5.41, 5.74) is 0.991. The number of benzene rings is 2. The van der Waals surface area contributed by atoms with Crippen LogP contribution >= 0.6 is 0 Å². The summed E-state index contributed by atoms with van der Waals surface area (Å²) in [6.45, 7) is 1.03. The number of carbonyl (C=O) groups is 1. The summed E-state index contributed by atoms with van der Waals surface area (Å²) < 4.78 is 49.5. The monoisotopic (exact) mass is 474 g/mol. The van der Waals surface area contributed by atoms with Crippen molar-refractivity contribution >= 4 is 16.8 Å². The first kappa shape index (κ1) is 24.0. The first-order valence-corrected chi connectivity index (χ1v) is 11.0. The summed E-state index contributed by atoms with van der Waals surface area (Å²) in [5, 5.41) is 13.4. The number of aliphatic hydroxyl groups excluding tert-OH is 1. The van der Waals surface area contributed by atoms with Crippen LogP contribution in [-0.2, 0) is 10.9 Å². The maximum atomic E-state index is 12.9. The van der Waals surface area contributed by atoms with Crippen LogP contribution in [0.5, 0.6) is 5.75 Å². The van der Waals surface area contributed by atoms with E-state index in [0.717, 1.165) is 25.0 Å². The van der Waals surface area contributed by atoms with Crippen molar-refractivity contribution in [3.8, 4) is 17.0 Å². The quantitative estimate of drug-likeness (QED) is 0.552. The van der Waals surface area contributed by atoms with E-state index in [-0.39, 0.29) is 24.5 Å². The molecule has 1 aromatic heterocycles. The normalized spacial score (nSPS) is 15.8. The summed E-state index contributed by atoms with van der Waals surface area (Å²) in [4.78, 5) is 17.5. The molecule has 1 unspecified atom stereocenters. The van der Waals surface area contributed by atoms with Crippen LogP contribution in [0.1, 0.15) is 28.8 Å². The largest absolute Gasteiger partial charge is 0.496 e. The van der Waals surface area contributed by atoms with Crippen molar-refractivity contribution in [1.82, 2.24) is 10.3 Å². The number of alkyl halides is 3. The van der Waals surface area contributed by atoms with Gasteiger partial charge in [0.15, 0.2) is 0 Å². The number of amides is 1. The molecule has 34 heavy (non-hydrogen) atoms. The van der Waals surface area contributed by atoms with E-state index >= 15 is 0 Å². The Bertz CT molecular complexity index is 1160. The molecule has 0 aliphatic carbocycles. The molecular formula is C25H25F3N2O4. The van der Waals surface area contributed by atoms with E-state index in [9.17, 15) is 23.1 Å². The van der Waals surface area contributed by atoms with Gasteiger partial charge in [-0.1, -0.05) is 12.1 Å². The molecule has 2 heterocycles. The van der Waals surface area contributed by atoms with Gasteiger partial charge >= 0.3 is 6.18 Å². The fourth-order valence-corrected chi connectivity index (χ4v) is 4.17. The Kier molecular flexibility index (Phi) is 7.04. The maximum Gasteiger partial charge on any atom is 0.416 e. The first-order chi connectivity index (χ1) is 16.3. The van der Waals surface area contributed by atoms with Gasteiger partial charge in [0.1, 0.15) is 5.75 Å². The second-order valence-corrected chi connectivity index (χ2v) is 8.23. The number of rotatable bonds is 6. The molecule has 4 rings (SSSR count). The van der Waals surface area contributed by atoms with Gasteiger partial charge in [0.2, 0.25) is 0 Å². The van der Waals surface area contributed by atoms with Crippen LogP contribution < -0.4 is 10.1 Å². The van der Waals surface area contributed by atoms with Gasteiger partial charge in [0.05, 0.1) is 36.5 Å². The van der Waals surface area contributed by atoms with Crippen LogP contribution in [0.25, 0.3) is 22.2 Å². The summed E-state index contributed by atoms with van der Waals surface area (Å²) in [5.74, 6) is 0.281. The fourth-order valence-electron chi connectivity index (χ4n) is 4.17. The van der Waals surface area contributed by atoms with Crippen molar-refractivity contribution in [2.45, 2.75) is 25.1 Å². The molecule has 1 saturated heterocycles. The van der Waals surface area contributed by atoms with E-state index in [0.29, 0.717) is 46.7 Å². The predicted molar refractivity (Wildman–Crippen MR) is 121 cm³/mol. The van der Waals surface area contributed by atoms with Crippen LogP contribution in [0, 0.1) is 5.92 Å². The smallest absolute Gasteiger partial charge is 0.416 e. The molecule has 1 atom stereocenters. The topological polar surface area (TPSA) is 80.7 Å². The lowest BCUT2D eigenvalue weighted by atomic mass is 9.92. The number of carbonyl (C=O) groups excluding carboxylic acids is 1. The average molecular weight is 474 g/mol. The van der Waals surface area contributed by atoms with Crippen molar-refractivity contribution in [1.29, 1.82) is 0 Å². The molecule has 0 radical (unpaired) electrons. The number of aliphatic hydroxyl groups is 1. The number of fused-ring (bicyclic) bond motifs is 1. The van der Waals surface area contributed by atoms with Crippen molar-refractivity contribution in [2.75, 3.05) is 26.9 Å². The molecule has 3 aromatic rings. The lowest BCUT2D eigenvalue weighted by molar-refractivity contribution is -0.137. The van der Waals surface area contributed by atoms with E-state index in [2.05, 4.69) is 10.3 Å². The van der Waals surface area contributed by atoms with Crippen molar-refractivity contribution in [2.24, 2.45) is 5.92 Å². The van der Waals surface area contributed by atoms with Crippen LogP contribution in [0.2, 0.25) is 0 Å². The van der Waals surface area contributed by atoms with E-state index in [1.165, 1.54) is 19.2 Å². The number of aromatic nitrogens is 1. The Balaban J connectivity index is 1.63. The second kappa shape index (κ2) is 9.99. The highest BCUT2D eigenvalue weighted by molar-refractivity contribution is 5.99. The SMILES string of the molecule is COc1cc(-c2ccc(C(F)(F)F)cc2)nc2cc(C(=O)NC(CO)C3CCOCC3)ccc12. The van der Waals surface area contributed by atoms with Crippen LogP contribution in [0.3, 0.4) is 0 Å². The number of pyridine rings is 1. The standard InChI is InChI=1S/C25H25F3N2O4/c1-33-23-13-20(15-2-5-18(6-3-15)25(26,27)28)29-21-12-17(4-7-19(21)23)24(32)30-22(14-31)16-8-10-34-11-9-16/h2-7,12-13,16,22,31H,8-11,14H2,1H3,(H,30,32). The minimum Gasteiger partial charge on any atom is -0.496 e. The Morgan fingerprint density at radius 1 is 1.18 bits per heavy atom. The zero-order chi connectivity index (χ0) is 24.3. The lowest BCUT2D eigenvalue weighted by Gasteiger charge is -2.29. The molecular weight excluding hydrogens is 449 g/mol. The van der Waals surface area contributed by atoms with Crippen molar-refractivity contribution < 1.29 is 32.5 Å². The molecule has 1 amide bonds. The van der Waals surface area contributed by atoms with Gasteiger partial charge < -0.3 is 19.9 Å². The molecule has 1 aliphatic rings. The predicted octanol–water partition coefficient (Wildman–Crippen LogP) is 4.45. The third kappa shape index (κ3) is 5.15. The van der Waals surface area contributed by atoms with Gasteiger partial charge in [-0.3, -0.25) is 4.79 Å². The van der Waals surface area contributed by atoms with Crippen LogP contribution in [0.15, 0.2) is 48.5 Å². The van der Waals surface area contributed by atoms with Gasteiger partial charge in [0, 0.05) is 35.8 Å². The summed E-state index contributed by atoms with van der Waals surface area (Å²) >= 11 is 0. The third-order valence-electron chi connectivity index (χ3n) is 6.11. The van der Waals surface area contributed by atoms with Gasteiger partial charge in [-0.15, -0.1) is 0 Å². The molecule has 2 aromatic carbocycles. The fraction of sp³-hybridized carbons (Fsp3) is 0.360. The number of ether oxygens (including phenoxy) is 2. The molecule has 6 nitrogen and oxygen atoms in total. The molecule has 0 bridgehead atoms. The van der Waals surface area contributed by atoms with E-state index in [1.54, 1.807) is 24.3 Å². The molecule has 9 heteroatoms. The van der Waals surface area contributed by atoms with Gasteiger partial charge in [-0.05, 0) is 49.1 Å². The molecule has 1 fully saturated rings. The Labute approximate surface area is 194 Å². The Hall–Kier alpha value is -3.17. The maximum absolute atomic E-state index is 12.9. The Morgan fingerprint density at radius 3 is 2.50 bits per heavy atom. The van der Waals surface area contributed by atoms with Crippen molar-refractivity contribution in [3.05, 3.63) is 59.7 Å². The summed E-state index contributed by atoms with van der Waals surface area (Å²) in [6, 6.07) is 11.0. The van der Waals surface area contributed by atoms with Gasteiger partial charge in [0.25, 0.3) is 5.91 Å². The third-order valence-corrected chi connectivity index (χ3v) is 6.11. The summed E-state index contributed by atoms with van der Waals surface area (Å²) in [7, 11) is 1.49. The highest BCUT2D eigenvalue weighted by Crippen LogP contribution is 2.33. The lowest BCUT2D eigenvalue weighted by Crippen LogP contribution is -2.44. The minimum absolute atomic E-state index is 0.132. The van der Waals surface area contributed by atoms with E-state index < -0.39 is 11.7 Å². The van der Waals surface area contributed by atoms with Crippen molar-refractivity contribution in [3.63, 3.8) is 0 Å². The molecule has 2 N–H and O–H groups in total. The minimum atomic E-state index is -4.42.